The monoisotopic (exact) mass is 1460 g/mol. The van der Waals surface area contributed by atoms with Gasteiger partial charge in [0.2, 0.25) is 0 Å². The number of aliphatic hydroxyl groups excluding tert-OH is 1. The number of anilines is 1. The second kappa shape index (κ2) is 39.5. The Morgan fingerprint density at radius 3 is 1.03 bits per heavy atom. The van der Waals surface area contributed by atoms with Gasteiger partial charge in [-0.15, -0.1) is 0 Å². The minimum atomic E-state index is -2.64. The molecule has 3 fully saturated rings. The Bertz CT molecular complexity index is 3920. The SMILES string of the molecule is CC(C)(C)[Si](C)(C)OC[C@H]1O[C@H](OCCc2ccc(N)cc2)[C@H](OCc2ccccc2)[C@@H](O[C@@H]2O[C@H](COCc3ccccc3)[C@@H](OCc3ccccc3)[C@H](OCc3ccccc3)[C@H]2OCc2ccccc2)[C@@H]1O[C@@H]1O[C@H](COCc2ccccc2)[C@@H](OCc2ccccc2)[C@H](OCc2ccccc2)[C@H]1O. The number of hydrogen-bond donors (Lipinski definition) is 2. The maximum Gasteiger partial charge on any atom is 0.192 e. The Hall–Kier alpha value is -7.64. The first kappa shape index (κ1) is 78.0. The fourth-order valence-electron chi connectivity index (χ4n) is 13.0. The summed E-state index contributed by atoms with van der Waals surface area (Å²) in [4.78, 5) is 0. The zero-order valence-corrected chi connectivity index (χ0v) is 62.4. The van der Waals surface area contributed by atoms with Crippen LogP contribution in [-0.2, 0) is 130 Å². The molecule has 18 heteroatoms. The van der Waals surface area contributed by atoms with E-state index in [0.29, 0.717) is 12.1 Å². The van der Waals surface area contributed by atoms with Crippen molar-refractivity contribution in [1.29, 1.82) is 0 Å². The van der Waals surface area contributed by atoms with E-state index < -0.39 is 100 Å². The van der Waals surface area contributed by atoms with Gasteiger partial charge in [0.25, 0.3) is 0 Å². The third-order valence-corrected chi connectivity index (χ3v) is 24.4. The third-order valence-electron chi connectivity index (χ3n) is 19.9. The molecule has 3 aliphatic heterocycles. The van der Waals surface area contributed by atoms with Crippen molar-refractivity contribution >= 4 is 14.0 Å². The topological polar surface area (TPSA) is 185 Å². The number of ether oxygens (including phenoxy) is 14. The zero-order chi connectivity index (χ0) is 73.3. The van der Waals surface area contributed by atoms with Gasteiger partial charge >= 0.3 is 0 Å². The minimum absolute atomic E-state index is 0.0129. The molecule has 0 aliphatic carbocycles. The summed E-state index contributed by atoms with van der Waals surface area (Å²) in [5.74, 6) is 0. The summed E-state index contributed by atoms with van der Waals surface area (Å²) in [6.45, 7) is 12.6. The van der Waals surface area contributed by atoms with Crippen LogP contribution in [0, 0.1) is 0 Å². The van der Waals surface area contributed by atoms with Crippen molar-refractivity contribution in [3.8, 4) is 0 Å². The first-order chi connectivity index (χ1) is 51.8. The summed E-state index contributed by atoms with van der Waals surface area (Å²) in [7, 11) is -2.64. The largest absolute Gasteiger partial charge is 0.414 e. The van der Waals surface area contributed by atoms with Gasteiger partial charge in [0.1, 0.15) is 73.2 Å². The molecule has 3 N–H and O–H groups in total. The summed E-state index contributed by atoms with van der Waals surface area (Å²) in [6, 6.07) is 87.3. The van der Waals surface area contributed by atoms with Crippen molar-refractivity contribution in [2.24, 2.45) is 0 Å². The maximum absolute atomic E-state index is 13.5. The van der Waals surface area contributed by atoms with Crippen LogP contribution in [0.2, 0.25) is 18.1 Å². The van der Waals surface area contributed by atoms with Crippen LogP contribution in [0.4, 0.5) is 5.69 Å². The highest BCUT2D eigenvalue weighted by molar-refractivity contribution is 6.74. The molecule has 0 bridgehead atoms. The average Bonchev–Trinajstić information content (AvgIpc) is 0.760. The summed E-state index contributed by atoms with van der Waals surface area (Å²) in [5, 5.41) is 13.3. The first-order valence-electron chi connectivity index (χ1n) is 37.0. The molecule has 560 valence electrons. The highest BCUT2D eigenvalue weighted by Crippen LogP contribution is 2.42. The van der Waals surface area contributed by atoms with Crippen molar-refractivity contribution in [2.75, 3.05) is 32.2 Å². The lowest BCUT2D eigenvalue weighted by Gasteiger charge is -2.52. The van der Waals surface area contributed by atoms with Crippen LogP contribution in [-0.4, -0.2) is 132 Å². The molecule has 0 unspecified atom stereocenters. The van der Waals surface area contributed by atoms with E-state index in [2.05, 4.69) is 33.9 Å². The standard InChI is InChI=1S/C88H103NO16Si/c1-88(2,3)106(4,5)100-62-75-79(104-85-76(90)80(96-56-68-38-22-10-23-39-68)77(94-54-66-34-18-8-19-35-66)73(101-85)60-91-52-64-30-14-6-15-31-64)82(84(99-59-71-44-28-13-29-45-71)86(102-75)93-51-50-63-46-48-72(89)49-47-63)105-87-83(98-58-70-42-26-12-27-43-70)81(97-57-69-40-24-11-25-41-69)78(95-55-67-36-20-9-21-37-67)74(103-87)61-92-53-65-32-16-7-17-33-65/h6-49,73-87,90H,50-62,89H2,1-5H3/t73-,74-,75-,76-,77-,78-,79-,80-,81+,82+,83-,84-,85+,86+,87+/m1/s1. The van der Waals surface area contributed by atoms with E-state index in [4.69, 9.17) is 76.5 Å². The van der Waals surface area contributed by atoms with Crippen molar-refractivity contribution in [3.05, 3.63) is 317 Å². The highest BCUT2D eigenvalue weighted by atomic mass is 28.4. The zero-order valence-electron chi connectivity index (χ0n) is 61.4. The number of aliphatic hydroxyl groups is 1. The molecular formula is C88H103NO16Si. The van der Waals surface area contributed by atoms with Crippen LogP contribution in [0.3, 0.4) is 0 Å². The van der Waals surface area contributed by atoms with Crippen molar-refractivity contribution < 1.29 is 75.8 Å². The van der Waals surface area contributed by atoms with Crippen molar-refractivity contribution in [3.63, 3.8) is 0 Å². The van der Waals surface area contributed by atoms with Crippen LogP contribution < -0.4 is 5.73 Å². The smallest absolute Gasteiger partial charge is 0.192 e. The van der Waals surface area contributed by atoms with E-state index in [1.807, 2.05) is 267 Å². The molecule has 0 amide bonds. The lowest BCUT2D eigenvalue weighted by Crippen LogP contribution is -2.68. The number of benzene rings is 9. The fraction of sp³-hybridized carbons (Fsp3) is 0.386. The molecule has 3 saturated heterocycles. The molecule has 0 radical (unpaired) electrons. The number of rotatable bonds is 37. The van der Waals surface area contributed by atoms with E-state index in [9.17, 15) is 5.11 Å². The summed E-state index contributed by atoms with van der Waals surface area (Å²) in [6.07, 6.45) is -16.2. The number of nitrogen functional groups attached to an aromatic ring is 1. The van der Waals surface area contributed by atoms with Gasteiger partial charge in [0.15, 0.2) is 27.2 Å². The molecule has 3 heterocycles. The number of hydrogen-bond acceptors (Lipinski definition) is 17. The van der Waals surface area contributed by atoms with Gasteiger partial charge in [-0.3, -0.25) is 0 Å². The lowest BCUT2D eigenvalue weighted by molar-refractivity contribution is -0.397. The quantitative estimate of drug-likeness (QED) is 0.0276. The van der Waals surface area contributed by atoms with Gasteiger partial charge in [0.05, 0.1) is 79.3 Å². The summed E-state index contributed by atoms with van der Waals surface area (Å²) < 4.78 is 109. The molecule has 0 spiro atoms. The van der Waals surface area contributed by atoms with Gasteiger partial charge in [-0.05, 0) is 86.8 Å². The first-order valence-corrected chi connectivity index (χ1v) is 39.9. The molecule has 3 aliphatic rings. The Morgan fingerprint density at radius 1 is 0.321 bits per heavy atom. The molecular weight excluding hydrogens is 1360 g/mol. The van der Waals surface area contributed by atoms with Gasteiger partial charge in [-0.1, -0.05) is 276 Å². The van der Waals surface area contributed by atoms with Gasteiger partial charge < -0.3 is 81.6 Å². The molecule has 17 nitrogen and oxygen atoms in total. The molecule has 9 aromatic carbocycles. The van der Waals surface area contributed by atoms with Gasteiger partial charge in [0, 0.05) is 5.69 Å². The predicted octanol–water partition coefficient (Wildman–Crippen LogP) is 15.1. The predicted molar refractivity (Wildman–Crippen MR) is 408 cm³/mol. The average molecular weight is 1460 g/mol. The fourth-order valence-corrected chi connectivity index (χ4v) is 14.0. The van der Waals surface area contributed by atoms with Crippen molar-refractivity contribution in [1.82, 2.24) is 0 Å². The van der Waals surface area contributed by atoms with E-state index in [0.717, 1.165) is 50.1 Å². The van der Waals surface area contributed by atoms with Gasteiger partial charge in [-0.2, -0.15) is 0 Å². The van der Waals surface area contributed by atoms with Crippen LogP contribution in [0.1, 0.15) is 70.8 Å². The van der Waals surface area contributed by atoms with E-state index in [1.165, 1.54) is 0 Å². The van der Waals surface area contributed by atoms with Crippen LogP contribution in [0.5, 0.6) is 0 Å². The second-order valence-corrected chi connectivity index (χ2v) is 33.6. The minimum Gasteiger partial charge on any atom is -0.414 e. The van der Waals surface area contributed by atoms with E-state index >= 15 is 0 Å². The Kier molecular flexibility index (Phi) is 29.0. The van der Waals surface area contributed by atoms with E-state index in [1.54, 1.807) is 0 Å². The Morgan fingerprint density at radius 2 is 0.632 bits per heavy atom. The lowest BCUT2D eigenvalue weighted by atomic mass is 9.95. The Balaban J connectivity index is 1.00. The summed E-state index contributed by atoms with van der Waals surface area (Å²) >= 11 is 0. The molecule has 9 aromatic rings. The second-order valence-electron chi connectivity index (χ2n) is 28.8. The number of nitrogens with two attached hydrogens (primary N) is 1. The van der Waals surface area contributed by atoms with Crippen LogP contribution in [0.25, 0.3) is 0 Å². The van der Waals surface area contributed by atoms with Crippen molar-refractivity contribution in [2.45, 2.75) is 190 Å². The van der Waals surface area contributed by atoms with Gasteiger partial charge in [-0.25, -0.2) is 0 Å². The van der Waals surface area contributed by atoms with E-state index in [-0.39, 0.29) is 84.3 Å². The van der Waals surface area contributed by atoms with Crippen LogP contribution >= 0.6 is 0 Å². The molecule has 12 rings (SSSR count). The third kappa shape index (κ3) is 22.5. The van der Waals surface area contributed by atoms with Crippen LogP contribution in [0.15, 0.2) is 267 Å². The maximum atomic E-state index is 13.5. The normalized spacial score (nSPS) is 24.9. The molecule has 106 heavy (non-hydrogen) atoms. The molecule has 0 aromatic heterocycles. The molecule has 0 saturated carbocycles. The highest BCUT2D eigenvalue weighted by Gasteiger charge is 2.58. The Labute approximate surface area is 626 Å². The molecule has 15 atom stereocenters. The summed E-state index contributed by atoms with van der Waals surface area (Å²) in [5.41, 5.74) is 15.2.